The Morgan fingerprint density at radius 1 is 1.12 bits per heavy atom. The highest BCUT2D eigenvalue weighted by molar-refractivity contribution is 7.96. The molecule has 1 amide bonds. The van der Waals surface area contributed by atoms with E-state index in [-0.39, 0.29) is 43.2 Å². The average molecular weight is 493 g/mol. The lowest BCUT2D eigenvalue weighted by Crippen LogP contribution is -2.36. The summed E-state index contributed by atoms with van der Waals surface area (Å²) in [5.41, 5.74) is 0.202. The van der Waals surface area contributed by atoms with Gasteiger partial charge in [-0.3, -0.25) is 14.4 Å². The van der Waals surface area contributed by atoms with Crippen LogP contribution in [0, 0.1) is 11.8 Å². The van der Waals surface area contributed by atoms with Crippen molar-refractivity contribution in [3.05, 3.63) is 43.0 Å². The SMILES string of the molecule is C=CCOC(=O)c1cc(OC)c(OC)cc1NC(=O)C1C[C@@H]([C@H](C(=O)S)C(=O)OCC=C)CN1. The third-order valence-corrected chi connectivity index (χ3v) is 5.43. The summed E-state index contributed by atoms with van der Waals surface area (Å²) in [5, 5.41) is 5.04. The van der Waals surface area contributed by atoms with Crippen LogP contribution in [0.5, 0.6) is 11.5 Å². The van der Waals surface area contributed by atoms with E-state index in [2.05, 4.69) is 36.4 Å². The molecule has 2 N–H and O–H groups in total. The molecule has 1 heterocycles. The summed E-state index contributed by atoms with van der Waals surface area (Å²) in [6.07, 6.45) is 2.98. The minimum Gasteiger partial charge on any atom is -0.493 e. The van der Waals surface area contributed by atoms with Crippen molar-refractivity contribution in [2.45, 2.75) is 12.5 Å². The molecule has 0 aromatic heterocycles. The number of esters is 2. The average Bonchev–Trinajstić information content (AvgIpc) is 3.30. The van der Waals surface area contributed by atoms with Crippen molar-refractivity contribution < 1.29 is 38.1 Å². The van der Waals surface area contributed by atoms with Crippen LogP contribution in [-0.2, 0) is 23.9 Å². The third kappa shape index (κ3) is 6.61. The lowest BCUT2D eigenvalue weighted by Gasteiger charge is -2.18. The van der Waals surface area contributed by atoms with Crippen molar-refractivity contribution in [2.24, 2.45) is 11.8 Å². The molecule has 2 rings (SSSR count). The lowest BCUT2D eigenvalue weighted by molar-refractivity contribution is -0.151. The summed E-state index contributed by atoms with van der Waals surface area (Å²) in [7, 11) is 2.83. The van der Waals surface area contributed by atoms with Crippen molar-refractivity contribution in [3.63, 3.8) is 0 Å². The maximum Gasteiger partial charge on any atom is 0.340 e. The van der Waals surface area contributed by atoms with E-state index >= 15 is 0 Å². The van der Waals surface area contributed by atoms with E-state index in [1.54, 1.807) is 0 Å². The molecule has 1 fully saturated rings. The van der Waals surface area contributed by atoms with Crippen LogP contribution in [0.3, 0.4) is 0 Å². The highest BCUT2D eigenvalue weighted by Crippen LogP contribution is 2.34. The van der Waals surface area contributed by atoms with Crippen molar-refractivity contribution in [3.8, 4) is 11.5 Å². The van der Waals surface area contributed by atoms with Crippen LogP contribution >= 0.6 is 12.6 Å². The number of benzene rings is 1. The van der Waals surface area contributed by atoms with E-state index in [1.807, 2.05) is 0 Å². The molecule has 1 aliphatic rings. The first-order chi connectivity index (χ1) is 16.3. The first-order valence-electron chi connectivity index (χ1n) is 10.4. The molecule has 11 heteroatoms. The van der Waals surface area contributed by atoms with Gasteiger partial charge in [0.15, 0.2) is 16.6 Å². The Morgan fingerprint density at radius 3 is 2.32 bits per heavy atom. The normalized spacial score (nSPS) is 17.7. The molecule has 0 radical (unpaired) electrons. The first-order valence-corrected chi connectivity index (χ1v) is 10.8. The molecule has 10 nitrogen and oxygen atoms in total. The van der Waals surface area contributed by atoms with E-state index in [0.29, 0.717) is 5.75 Å². The molecule has 0 aliphatic carbocycles. The Balaban J connectivity index is 2.22. The van der Waals surface area contributed by atoms with Crippen LogP contribution in [0.4, 0.5) is 5.69 Å². The number of nitrogens with one attached hydrogen (secondary N) is 2. The number of thiol groups is 1. The predicted molar refractivity (Wildman–Crippen MR) is 127 cm³/mol. The number of ether oxygens (including phenoxy) is 4. The molecule has 0 spiro atoms. The monoisotopic (exact) mass is 492 g/mol. The summed E-state index contributed by atoms with van der Waals surface area (Å²) >= 11 is 3.82. The number of rotatable bonds is 12. The van der Waals surface area contributed by atoms with E-state index in [0.717, 1.165) is 0 Å². The predicted octanol–water partition coefficient (Wildman–Crippen LogP) is 1.76. The van der Waals surface area contributed by atoms with Gasteiger partial charge in [0, 0.05) is 18.7 Å². The molecule has 1 aromatic carbocycles. The third-order valence-electron chi connectivity index (χ3n) is 5.15. The number of hydrogen-bond acceptors (Lipinski definition) is 9. The van der Waals surface area contributed by atoms with Crippen LogP contribution in [0.2, 0.25) is 0 Å². The number of amides is 1. The van der Waals surface area contributed by atoms with Gasteiger partial charge in [0.1, 0.15) is 19.1 Å². The first kappa shape index (κ1) is 26.9. The number of methoxy groups -OCH3 is 2. The number of hydrogen-bond donors (Lipinski definition) is 3. The van der Waals surface area contributed by atoms with Gasteiger partial charge in [0.05, 0.1) is 31.5 Å². The molecule has 0 bridgehead atoms. The number of carbonyl (C=O) groups is 4. The van der Waals surface area contributed by atoms with E-state index in [1.165, 1.54) is 38.5 Å². The molecule has 1 aromatic rings. The van der Waals surface area contributed by atoms with Gasteiger partial charge in [-0.15, -0.1) is 12.6 Å². The summed E-state index contributed by atoms with van der Waals surface area (Å²) in [5.74, 6) is -2.95. The maximum atomic E-state index is 13.0. The van der Waals surface area contributed by atoms with Crippen LogP contribution < -0.4 is 20.1 Å². The van der Waals surface area contributed by atoms with Crippen LogP contribution in [0.25, 0.3) is 0 Å². The number of anilines is 1. The van der Waals surface area contributed by atoms with Gasteiger partial charge >= 0.3 is 11.9 Å². The standard InChI is InChI=1S/C23H28N2O8S/c1-5-7-32-21(27)14-10-17(30-3)18(31-4)11-15(14)25-20(26)16-9-13(12-24-16)19(23(29)34)22(28)33-8-6-2/h5-6,10-11,13,16,19,24H,1-2,7-9,12H2,3-4H3,(H,25,26)(H,29,34)/t13-,16?,19+/m1/s1. The van der Waals surface area contributed by atoms with Gasteiger partial charge in [0.25, 0.3) is 0 Å². The van der Waals surface area contributed by atoms with Crippen molar-refractivity contribution in [2.75, 3.05) is 39.3 Å². The molecule has 1 aliphatic heterocycles. The van der Waals surface area contributed by atoms with Crippen molar-refractivity contribution in [1.82, 2.24) is 5.32 Å². The fourth-order valence-corrected chi connectivity index (χ4v) is 3.84. The van der Waals surface area contributed by atoms with Crippen LogP contribution in [0.15, 0.2) is 37.4 Å². The minimum atomic E-state index is -1.13. The Hall–Kier alpha value is -3.31. The zero-order valence-electron chi connectivity index (χ0n) is 19.0. The topological polar surface area (TPSA) is 129 Å². The summed E-state index contributed by atoms with van der Waals surface area (Å²) < 4.78 is 20.6. The summed E-state index contributed by atoms with van der Waals surface area (Å²) in [4.78, 5) is 49.8. The smallest absolute Gasteiger partial charge is 0.340 e. The zero-order chi connectivity index (χ0) is 25.3. The number of carbonyl (C=O) groups excluding carboxylic acids is 4. The van der Waals surface area contributed by atoms with Gasteiger partial charge in [-0.25, -0.2) is 4.79 Å². The fraction of sp³-hybridized carbons (Fsp3) is 0.391. The van der Waals surface area contributed by atoms with Crippen molar-refractivity contribution >= 4 is 41.3 Å². The van der Waals surface area contributed by atoms with Crippen LogP contribution in [0.1, 0.15) is 16.8 Å². The molecular weight excluding hydrogens is 464 g/mol. The largest absolute Gasteiger partial charge is 0.493 e. The Kier molecular flexibility index (Phi) is 10.1. The van der Waals surface area contributed by atoms with E-state index < -0.39 is 40.8 Å². The van der Waals surface area contributed by atoms with E-state index in [4.69, 9.17) is 18.9 Å². The molecule has 34 heavy (non-hydrogen) atoms. The molecular formula is C23H28N2O8S. The highest BCUT2D eigenvalue weighted by Gasteiger charge is 2.41. The second kappa shape index (κ2) is 12.8. The maximum absolute atomic E-state index is 13.0. The highest BCUT2D eigenvalue weighted by atomic mass is 32.1. The van der Waals surface area contributed by atoms with Gasteiger partial charge in [-0.2, -0.15) is 0 Å². The summed E-state index contributed by atoms with van der Waals surface area (Å²) in [6.45, 7) is 7.14. The molecule has 1 saturated heterocycles. The van der Waals surface area contributed by atoms with E-state index in [9.17, 15) is 19.2 Å². The van der Waals surface area contributed by atoms with Crippen molar-refractivity contribution in [1.29, 1.82) is 0 Å². The fourth-order valence-electron chi connectivity index (χ4n) is 3.53. The second-order valence-electron chi connectivity index (χ2n) is 7.32. The summed E-state index contributed by atoms with van der Waals surface area (Å²) in [6, 6.07) is 2.11. The van der Waals surface area contributed by atoms with Gasteiger partial charge in [-0.05, 0) is 12.3 Å². The minimum absolute atomic E-state index is 0.0203. The van der Waals surface area contributed by atoms with Gasteiger partial charge in [-0.1, -0.05) is 25.3 Å². The van der Waals surface area contributed by atoms with Gasteiger partial charge < -0.3 is 29.6 Å². The Morgan fingerprint density at radius 2 is 1.74 bits per heavy atom. The molecule has 184 valence electrons. The van der Waals surface area contributed by atoms with Crippen LogP contribution in [-0.4, -0.2) is 63.0 Å². The zero-order valence-corrected chi connectivity index (χ0v) is 19.9. The molecule has 3 atom stereocenters. The second-order valence-corrected chi connectivity index (χ2v) is 7.76. The quantitative estimate of drug-likeness (QED) is 0.173. The van der Waals surface area contributed by atoms with Gasteiger partial charge in [0.2, 0.25) is 5.91 Å². The lowest BCUT2D eigenvalue weighted by atomic mass is 9.90. The molecule has 1 unspecified atom stereocenters. The Bertz CT molecular complexity index is 965. The molecule has 0 saturated carbocycles. The Labute approximate surface area is 203 Å².